The topological polar surface area (TPSA) is 69.6 Å². The lowest BCUT2D eigenvalue weighted by molar-refractivity contribution is -0.135. The lowest BCUT2D eigenvalue weighted by Gasteiger charge is -2.29. The van der Waals surface area contributed by atoms with E-state index in [0.717, 1.165) is 5.56 Å². The number of amides is 2. The summed E-state index contributed by atoms with van der Waals surface area (Å²) in [7, 11) is 0. The third-order valence-corrected chi connectivity index (χ3v) is 2.64. The van der Waals surface area contributed by atoms with Crippen LogP contribution < -0.4 is 5.32 Å². The molecule has 1 rings (SSSR count). The Hall–Kier alpha value is -1.88. The first kappa shape index (κ1) is 16.2. The van der Waals surface area contributed by atoms with Crippen LogP contribution in [0.25, 0.3) is 0 Å². The van der Waals surface area contributed by atoms with Crippen molar-refractivity contribution >= 4 is 11.8 Å². The van der Waals surface area contributed by atoms with Crippen molar-refractivity contribution in [3.05, 3.63) is 35.9 Å². The van der Waals surface area contributed by atoms with Gasteiger partial charge in [-0.3, -0.25) is 9.59 Å². The van der Waals surface area contributed by atoms with E-state index in [1.807, 2.05) is 30.3 Å². The first-order valence-corrected chi connectivity index (χ1v) is 6.56. The van der Waals surface area contributed by atoms with Crippen LogP contribution in [0.5, 0.6) is 0 Å². The SMILES string of the molecule is CC(=O)NCC(=O)N(Cc1ccccc1)CC(C)(C)O. The van der Waals surface area contributed by atoms with E-state index in [-0.39, 0.29) is 24.9 Å². The van der Waals surface area contributed by atoms with Gasteiger partial charge in [-0.05, 0) is 19.4 Å². The normalized spacial score (nSPS) is 11.0. The van der Waals surface area contributed by atoms with Gasteiger partial charge in [0.15, 0.2) is 0 Å². The van der Waals surface area contributed by atoms with Gasteiger partial charge in [0, 0.05) is 20.0 Å². The fourth-order valence-electron chi connectivity index (χ4n) is 1.82. The van der Waals surface area contributed by atoms with E-state index in [2.05, 4.69) is 5.32 Å². The zero-order valence-electron chi connectivity index (χ0n) is 12.2. The van der Waals surface area contributed by atoms with Gasteiger partial charge in [0.1, 0.15) is 0 Å². The second-order valence-electron chi connectivity index (χ2n) is 5.46. The molecule has 0 fully saturated rings. The van der Waals surface area contributed by atoms with Gasteiger partial charge >= 0.3 is 0 Å². The summed E-state index contributed by atoms with van der Waals surface area (Å²) < 4.78 is 0. The molecule has 0 bridgehead atoms. The Balaban J connectivity index is 2.74. The lowest BCUT2D eigenvalue weighted by atomic mass is 10.1. The van der Waals surface area contributed by atoms with Crippen LogP contribution in [0.1, 0.15) is 26.3 Å². The molecule has 1 aromatic rings. The predicted octanol–water partition coefficient (Wildman–Crippen LogP) is 0.922. The summed E-state index contributed by atoms with van der Waals surface area (Å²) in [6.45, 7) is 5.22. The third-order valence-electron chi connectivity index (χ3n) is 2.64. The van der Waals surface area contributed by atoms with Gasteiger partial charge in [-0.15, -0.1) is 0 Å². The average molecular weight is 278 g/mol. The second-order valence-corrected chi connectivity index (χ2v) is 5.46. The molecule has 5 heteroatoms. The first-order valence-electron chi connectivity index (χ1n) is 6.56. The number of carbonyl (C=O) groups excluding carboxylic acids is 2. The van der Waals surface area contributed by atoms with E-state index in [1.165, 1.54) is 6.92 Å². The van der Waals surface area contributed by atoms with Crippen LogP contribution in [0.4, 0.5) is 0 Å². The number of hydrogen-bond acceptors (Lipinski definition) is 3. The molecule has 1 aromatic carbocycles. The van der Waals surface area contributed by atoms with Crippen LogP contribution in [0.3, 0.4) is 0 Å². The minimum Gasteiger partial charge on any atom is -0.389 e. The lowest BCUT2D eigenvalue weighted by Crippen LogP contribution is -2.45. The number of nitrogens with one attached hydrogen (secondary N) is 1. The van der Waals surface area contributed by atoms with Gasteiger partial charge in [-0.1, -0.05) is 30.3 Å². The van der Waals surface area contributed by atoms with Crippen LogP contribution in [-0.4, -0.2) is 40.5 Å². The number of benzene rings is 1. The third kappa shape index (κ3) is 6.33. The molecule has 110 valence electrons. The number of rotatable bonds is 6. The Kier molecular flexibility index (Phi) is 5.70. The van der Waals surface area contributed by atoms with E-state index in [1.54, 1.807) is 18.7 Å². The molecular formula is C15H22N2O3. The average Bonchev–Trinajstić information content (AvgIpc) is 2.34. The van der Waals surface area contributed by atoms with Crippen molar-refractivity contribution in [3.8, 4) is 0 Å². The van der Waals surface area contributed by atoms with Gasteiger partial charge in [-0.2, -0.15) is 0 Å². The van der Waals surface area contributed by atoms with Crippen LogP contribution in [0.15, 0.2) is 30.3 Å². The highest BCUT2D eigenvalue weighted by molar-refractivity contribution is 5.83. The summed E-state index contributed by atoms with van der Waals surface area (Å²) in [5.41, 5.74) is -0.00589. The van der Waals surface area contributed by atoms with Crippen molar-refractivity contribution in [3.63, 3.8) is 0 Å². The molecule has 0 aliphatic rings. The van der Waals surface area contributed by atoms with E-state index >= 15 is 0 Å². The van der Waals surface area contributed by atoms with Crippen molar-refractivity contribution in [2.75, 3.05) is 13.1 Å². The summed E-state index contributed by atoms with van der Waals surface area (Å²) >= 11 is 0. The minimum atomic E-state index is -0.985. The number of hydrogen-bond donors (Lipinski definition) is 2. The first-order chi connectivity index (χ1) is 9.28. The Bertz CT molecular complexity index is 452. The molecule has 0 saturated carbocycles. The molecule has 0 atom stereocenters. The van der Waals surface area contributed by atoms with E-state index in [0.29, 0.717) is 6.54 Å². The maximum Gasteiger partial charge on any atom is 0.242 e. The standard InChI is InChI=1S/C15H22N2O3/c1-12(18)16-9-14(19)17(11-15(2,3)20)10-13-7-5-4-6-8-13/h4-8,20H,9-11H2,1-3H3,(H,16,18). The Morgan fingerprint density at radius 3 is 2.35 bits per heavy atom. The maximum absolute atomic E-state index is 12.1. The molecule has 0 radical (unpaired) electrons. The van der Waals surface area contributed by atoms with Gasteiger partial charge in [0.25, 0.3) is 0 Å². The van der Waals surface area contributed by atoms with E-state index in [4.69, 9.17) is 0 Å². The highest BCUT2D eigenvalue weighted by atomic mass is 16.3. The van der Waals surface area contributed by atoms with Gasteiger partial charge in [-0.25, -0.2) is 0 Å². The molecule has 2 amide bonds. The molecule has 0 aliphatic heterocycles. The molecule has 5 nitrogen and oxygen atoms in total. The number of carbonyl (C=O) groups is 2. The molecule has 0 saturated heterocycles. The molecular weight excluding hydrogens is 256 g/mol. The second kappa shape index (κ2) is 7.05. The monoisotopic (exact) mass is 278 g/mol. The molecule has 2 N–H and O–H groups in total. The predicted molar refractivity (Wildman–Crippen MR) is 76.8 cm³/mol. The Morgan fingerprint density at radius 2 is 1.85 bits per heavy atom. The number of aliphatic hydroxyl groups is 1. The molecule has 20 heavy (non-hydrogen) atoms. The molecule has 0 aliphatic carbocycles. The fourth-order valence-corrected chi connectivity index (χ4v) is 1.82. The maximum atomic E-state index is 12.1. The quantitative estimate of drug-likeness (QED) is 0.813. The Morgan fingerprint density at radius 1 is 1.25 bits per heavy atom. The van der Waals surface area contributed by atoms with Crippen molar-refractivity contribution in [1.82, 2.24) is 10.2 Å². The summed E-state index contributed by atoms with van der Waals surface area (Å²) in [6, 6.07) is 9.54. The van der Waals surface area contributed by atoms with E-state index < -0.39 is 5.60 Å². The molecule has 0 unspecified atom stereocenters. The molecule has 0 spiro atoms. The Labute approximate surface area is 119 Å². The summed E-state index contributed by atoms with van der Waals surface area (Å²) in [5.74, 6) is -0.465. The smallest absolute Gasteiger partial charge is 0.242 e. The van der Waals surface area contributed by atoms with Crippen LogP contribution in [0, 0.1) is 0 Å². The minimum absolute atomic E-state index is 0.0573. The van der Waals surface area contributed by atoms with Crippen molar-refractivity contribution in [2.45, 2.75) is 32.9 Å². The summed E-state index contributed by atoms with van der Waals surface area (Å²) in [4.78, 5) is 24.6. The highest BCUT2D eigenvalue weighted by Gasteiger charge is 2.22. The zero-order chi connectivity index (χ0) is 15.2. The van der Waals surface area contributed by atoms with Crippen LogP contribution >= 0.6 is 0 Å². The van der Waals surface area contributed by atoms with Crippen LogP contribution in [-0.2, 0) is 16.1 Å². The van der Waals surface area contributed by atoms with Crippen molar-refractivity contribution < 1.29 is 14.7 Å². The number of nitrogens with zero attached hydrogens (tertiary/aromatic N) is 1. The summed E-state index contributed by atoms with van der Waals surface area (Å²) in [6.07, 6.45) is 0. The van der Waals surface area contributed by atoms with Gasteiger partial charge in [0.2, 0.25) is 11.8 Å². The van der Waals surface area contributed by atoms with E-state index in [9.17, 15) is 14.7 Å². The van der Waals surface area contributed by atoms with Crippen LogP contribution in [0.2, 0.25) is 0 Å². The molecule has 0 aromatic heterocycles. The molecule has 0 heterocycles. The van der Waals surface area contributed by atoms with Crippen molar-refractivity contribution in [2.24, 2.45) is 0 Å². The fraction of sp³-hybridized carbons (Fsp3) is 0.467. The van der Waals surface area contributed by atoms with Crippen molar-refractivity contribution in [1.29, 1.82) is 0 Å². The highest BCUT2D eigenvalue weighted by Crippen LogP contribution is 2.10. The zero-order valence-corrected chi connectivity index (χ0v) is 12.2. The largest absolute Gasteiger partial charge is 0.389 e. The van der Waals surface area contributed by atoms with Gasteiger partial charge < -0.3 is 15.3 Å². The summed E-state index contributed by atoms with van der Waals surface area (Å²) in [5, 5.41) is 12.4. The van der Waals surface area contributed by atoms with Gasteiger partial charge in [0.05, 0.1) is 12.1 Å².